The number of aromatic nitrogens is 1. The van der Waals surface area contributed by atoms with Gasteiger partial charge in [0.1, 0.15) is 17.7 Å². The highest BCUT2D eigenvalue weighted by atomic mass is 19.4. The first kappa shape index (κ1) is 46.0. The van der Waals surface area contributed by atoms with Crippen molar-refractivity contribution in [3.05, 3.63) is 91.4 Å². The second-order valence-electron chi connectivity index (χ2n) is 14.5. The van der Waals surface area contributed by atoms with E-state index in [0.29, 0.717) is 16.2 Å². The highest BCUT2D eigenvalue weighted by Crippen LogP contribution is 2.43. The standard InChI is InChI=1S/C39H47F8N3O6/c1-21(2)14-29(50-20-25(10-11-49(6)7)27(18-30(50)51)38(42,43)44)36(53)48-37(54,19-31(52)56-13-9-12-55-8)33-34(40)26(17-28(35(33)41)39(45,46)47)32-23(4)15-22(3)16-24(32)5/h15-18,20-21,29,54H,9-14,19H2,1-8H3,(H,48,53). The Hall–Kier alpha value is -4.35. The average Bonchev–Trinajstić information content (AvgIpc) is 3.04. The highest BCUT2D eigenvalue weighted by molar-refractivity contribution is 5.83. The Balaban J connectivity index is 2.37. The van der Waals surface area contributed by atoms with E-state index in [-0.39, 0.29) is 67.3 Å². The van der Waals surface area contributed by atoms with Gasteiger partial charge in [-0.3, -0.25) is 14.4 Å². The van der Waals surface area contributed by atoms with Crippen LogP contribution in [0.25, 0.3) is 11.1 Å². The van der Waals surface area contributed by atoms with Crippen LogP contribution < -0.4 is 10.9 Å². The van der Waals surface area contributed by atoms with Crippen LogP contribution in [0.3, 0.4) is 0 Å². The normalized spacial score (nSPS) is 13.9. The fraction of sp³-hybridized carbons (Fsp3) is 0.513. The van der Waals surface area contributed by atoms with Crippen LogP contribution >= 0.6 is 0 Å². The van der Waals surface area contributed by atoms with Crippen molar-refractivity contribution in [1.82, 2.24) is 14.8 Å². The molecule has 3 rings (SSSR count). The van der Waals surface area contributed by atoms with E-state index in [1.54, 1.807) is 39.8 Å². The molecule has 2 N–H and O–H groups in total. The first-order valence-electron chi connectivity index (χ1n) is 17.7. The van der Waals surface area contributed by atoms with Gasteiger partial charge in [-0.2, -0.15) is 26.3 Å². The summed E-state index contributed by atoms with van der Waals surface area (Å²) in [7, 11) is 4.55. The molecule has 2 atom stereocenters. The summed E-state index contributed by atoms with van der Waals surface area (Å²) < 4.78 is 130. The summed E-state index contributed by atoms with van der Waals surface area (Å²) in [6.07, 6.45) is -11.6. The number of rotatable bonds is 16. The third-order valence-corrected chi connectivity index (χ3v) is 8.98. The van der Waals surface area contributed by atoms with E-state index < -0.39 is 87.8 Å². The number of amides is 1. The second-order valence-corrected chi connectivity index (χ2v) is 14.5. The maximum Gasteiger partial charge on any atom is 0.419 e. The summed E-state index contributed by atoms with van der Waals surface area (Å²) in [6.45, 7) is 7.62. The molecule has 0 radical (unpaired) electrons. The van der Waals surface area contributed by atoms with E-state index in [1.807, 2.05) is 5.32 Å². The van der Waals surface area contributed by atoms with Crippen LogP contribution in [0.1, 0.15) is 78.1 Å². The molecule has 2 unspecified atom stereocenters. The predicted molar refractivity (Wildman–Crippen MR) is 192 cm³/mol. The molecule has 1 amide bonds. The SMILES string of the molecule is COCCCOC(=O)CC(O)(NC(=O)C(CC(C)C)n1cc(CCN(C)C)c(C(F)(F)F)cc1=O)c1c(F)c(-c2c(C)cc(C)cc2C)cc(C(F)(F)F)c1F. The molecule has 2 aromatic carbocycles. The number of carbonyl (C=O) groups is 2. The second kappa shape index (κ2) is 18.3. The molecule has 0 aliphatic heterocycles. The molecule has 56 heavy (non-hydrogen) atoms. The first-order chi connectivity index (χ1) is 25.8. The molecule has 0 aliphatic rings. The molecule has 0 saturated heterocycles. The number of hydrogen-bond donors (Lipinski definition) is 2. The Bertz CT molecular complexity index is 1940. The minimum absolute atomic E-state index is 0.0880. The van der Waals surface area contributed by atoms with Crippen LogP contribution in [0.15, 0.2) is 35.3 Å². The zero-order valence-electron chi connectivity index (χ0n) is 32.4. The number of ether oxygens (including phenoxy) is 2. The van der Waals surface area contributed by atoms with E-state index in [9.17, 15) is 45.8 Å². The average molecular weight is 806 g/mol. The summed E-state index contributed by atoms with van der Waals surface area (Å²) in [5.41, 5.74) is -10.0. The molecule has 0 aliphatic carbocycles. The number of nitrogens with zero attached hydrogens (tertiary/aromatic N) is 2. The number of likely N-dealkylation sites (N-methyl/N-ethyl adjacent to an activating group) is 1. The van der Waals surface area contributed by atoms with Crippen LogP contribution in [-0.2, 0) is 43.6 Å². The maximum absolute atomic E-state index is 16.9. The number of aryl methyl sites for hydroxylation is 3. The van der Waals surface area contributed by atoms with E-state index >= 15 is 8.78 Å². The fourth-order valence-electron chi connectivity index (χ4n) is 6.56. The molecule has 0 bridgehead atoms. The number of carbonyl (C=O) groups excluding carboxylic acids is 2. The number of methoxy groups -OCH3 is 1. The Morgan fingerprint density at radius 2 is 1.50 bits per heavy atom. The number of hydrogen-bond acceptors (Lipinski definition) is 7. The Morgan fingerprint density at radius 1 is 0.911 bits per heavy atom. The van der Waals surface area contributed by atoms with Crippen LogP contribution in [0.2, 0.25) is 0 Å². The predicted octanol–water partition coefficient (Wildman–Crippen LogP) is 7.38. The lowest BCUT2D eigenvalue weighted by molar-refractivity contribution is -0.154. The smallest absolute Gasteiger partial charge is 0.419 e. The van der Waals surface area contributed by atoms with Gasteiger partial charge < -0.3 is 29.4 Å². The van der Waals surface area contributed by atoms with Crippen LogP contribution in [0.4, 0.5) is 35.1 Å². The largest absolute Gasteiger partial charge is 0.465 e. The minimum Gasteiger partial charge on any atom is -0.465 e. The van der Waals surface area contributed by atoms with Gasteiger partial charge in [0, 0.05) is 44.5 Å². The molecule has 310 valence electrons. The fourth-order valence-corrected chi connectivity index (χ4v) is 6.56. The van der Waals surface area contributed by atoms with Gasteiger partial charge >= 0.3 is 18.3 Å². The number of benzene rings is 2. The Morgan fingerprint density at radius 3 is 2.02 bits per heavy atom. The molecule has 1 heterocycles. The molecule has 1 aromatic heterocycles. The Kier molecular flexibility index (Phi) is 15.0. The van der Waals surface area contributed by atoms with Crippen molar-refractivity contribution in [2.24, 2.45) is 5.92 Å². The lowest BCUT2D eigenvalue weighted by Gasteiger charge is -2.33. The monoisotopic (exact) mass is 805 g/mol. The van der Waals surface area contributed by atoms with E-state index in [0.717, 1.165) is 6.20 Å². The first-order valence-corrected chi connectivity index (χ1v) is 17.7. The molecule has 0 fully saturated rings. The minimum atomic E-state index is -5.49. The zero-order chi connectivity index (χ0) is 42.5. The summed E-state index contributed by atoms with van der Waals surface area (Å²) in [5.74, 6) is -7.45. The van der Waals surface area contributed by atoms with Crippen molar-refractivity contribution >= 4 is 11.9 Å². The number of esters is 1. The van der Waals surface area contributed by atoms with Crippen molar-refractivity contribution < 1.29 is 59.3 Å². The van der Waals surface area contributed by atoms with Gasteiger partial charge in [0.2, 0.25) is 5.91 Å². The quantitative estimate of drug-likeness (QED) is 0.0674. The number of pyridine rings is 1. The third-order valence-electron chi connectivity index (χ3n) is 8.98. The van der Waals surface area contributed by atoms with Crippen molar-refractivity contribution in [1.29, 1.82) is 0 Å². The van der Waals surface area contributed by atoms with Gasteiger partial charge in [-0.05, 0) is 81.9 Å². The number of aliphatic hydroxyl groups is 1. The van der Waals surface area contributed by atoms with E-state index in [4.69, 9.17) is 9.47 Å². The van der Waals surface area contributed by atoms with E-state index in [1.165, 1.54) is 33.1 Å². The van der Waals surface area contributed by atoms with Crippen LogP contribution in [0.5, 0.6) is 0 Å². The summed E-state index contributed by atoms with van der Waals surface area (Å²) in [5, 5.41) is 14.1. The summed E-state index contributed by atoms with van der Waals surface area (Å²) >= 11 is 0. The van der Waals surface area contributed by atoms with Gasteiger partial charge in [0.05, 0.1) is 29.7 Å². The molecular formula is C39H47F8N3O6. The molecule has 9 nitrogen and oxygen atoms in total. The number of alkyl halides is 6. The topological polar surface area (TPSA) is 110 Å². The van der Waals surface area contributed by atoms with Gasteiger partial charge in [-0.15, -0.1) is 0 Å². The van der Waals surface area contributed by atoms with Crippen molar-refractivity contribution in [3.63, 3.8) is 0 Å². The van der Waals surface area contributed by atoms with Gasteiger partial charge in [0.15, 0.2) is 5.72 Å². The van der Waals surface area contributed by atoms with Crippen molar-refractivity contribution in [2.75, 3.05) is 41.0 Å². The van der Waals surface area contributed by atoms with E-state index in [2.05, 4.69) is 0 Å². The molecule has 17 heteroatoms. The van der Waals surface area contributed by atoms with Crippen molar-refractivity contribution in [3.8, 4) is 11.1 Å². The number of halogens is 8. The summed E-state index contributed by atoms with van der Waals surface area (Å²) in [6, 6.07) is 1.79. The zero-order valence-corrected chi connectivity index (χ0v) is 32.4. The summed E-state index contributed by atoms with van der Waals surface area (Å²) in [4.78, 5) is 42.3. The van der Waals surface area contributed by atoms with Crippen LogP contribution in [0, 0.1) is 38.3 Å². The number of nitrogens with one attached hydrogen (secondary N) is 1. The lowest BCUT2D eigenvalue weighted by Crippen LogP contribution is -2.52. The maximum atomic E-state index is 16.9. The van der Waals surface area contributed by atoms with Crippen LogP contribution in [-0.4, -0.2) is 67.4 Å². The van der Waals surface area contributed by atoms with Crippen molar-refractivity contribution in [2.45, 2.75) is 84.4 Å². The van der Waals surface area contributed by atoms with Gasteiger partial charge in [-0.1, -0.05) is 31.5 Å². The van der Waals surface area contributed by atoms with Gasteiger partial charge in [0.25, 0.3) is 5.56 Å². The Labute approximate surface area is 319 Å². The third kappa shape index (κ3) is 11.2. The molecule has 3 aromatic rings. The van der Waals surface area contributed by atoms with Gasteiger partial charge in [-0.25, -0.2) is 8.78 Å². The lowest BCUT2D eigenvalue weighted by atomic mass is 9.87. The molecule has 0 spiro atoms. The highest BCUT2D eigenvalue weighted by Gasteiger charge is 2.47. The molecular weight excluding hydrogens is 758 g/mol. The molecule has 0 saturated carbocycles.